The number of benzene rings is 1. The quantitative estimate of drug-likeness (QED) is 0.590. The van der Waals surface area contributed by atoms with Crippen LogP contribution in [0, 0.1) is 18.6 Å². The summed E-state index contributed by atoms with van der Waals surface area (Å²) in [5, 5.41) is 15.8. The van der Waals surface area contributed by atoms with Crippen molar-refractivity contribution in [2.45, 2.75) is 13.8 Å². The number of aryl methyl sites for hydroxylation is 2. The van der Waals surface area contributed by atoms with Crippen LogP contribution in [0.5, 0.6) is 5.75 Å². The summed E-state index contributed by atoms with van der Waals surface area (Å²) in [4.78, 5) is 0. The molecule has 0 bridgehead atoms. The Labute approximate surface area is 138 Å². The minimum absolute atomic E-state index is 0.400. The summed E-state index contributed by atoms with van der Waals surface area (Å²) < 4.78 is 8.78. The van der Waals surface area contributed by atoms with Crippen molar-refractivity contribution in [1.82, 2.24) is 24.7 Å². The van der Waals surface area contributed by atoms with Crippen LogP contribution in [0.25, 0.3) is 5.95 Å². The number of H-pyrrole nitrogens is 1. The van der Waals surface area contributed by atoms with E-state index in [1.54, 1.807) is 22.7 Å². The fourth-order valence-electron chi connectivity index (χ4n) is 2.17. The van der Waals surface area contributed by atoms with Gasteiger partial charge in [-0.3, -0.25) is 0 Å². The van der Waals surface area contributed by atoms with Gasteiger partial charge in [0.1, 0.15) is 5.75 Å². The molecule has 0 amide bonds. The molecule has 0 fully saturated rings. The van der Waals surface area contributed by atoms with Gasteiger partial charge in [-0.2, -0.15) is 14.9 Å². The van der Waals surface area contributed by atoms with Gasteiger partial charge >= 0.3 is 0 Å². The van der Waals surface area contributed by atoms with Gasteiger partial charge in [0.25, 0.3) is 5.95 Å². The molecular formula is C15H16N6OS. The summed E-state index contributed by atoms with van der Waals surface area (Å²) in [6.07, 6.45) is 1.71. The number of methoxy groups -OCH3 is 1. The summed E-state index contributed by atoms with van der Waals surface area (Å²) in [6, 6.07) is 9.54. The number of ether oxygens (including phenoxy) is 1. The first-order chi connectivity index (χ1) is 11.1. The smallest absolute Gasteiger partial charge is 0.271 e. The predicted octanol–water partition coefficient (Wildman–Crippen LogP) is 2.63. The molecule has 0 aliphatic carbocycles. The van der Waals surface area contributed by atoms with Crippen molar-refractivity contribution in [2.75, 3.05) is 7.11 Å². The first-order valence-corrected chi connectivity index (χ1v) is 7.39. The highest BCUT2D eigenvalue weighted by molar-refractivity contribution is 7.71. The van der Waals surface area contributed by atoms with E-state index in [-0.39, 0.29) is 0 Å². The number of hydrogen-bond acceptors (Lipinski definition) is 5. The highest BCUT2D eigenvalue weighted by Crippen LogP contribution is 2.12. The summed E-state index contributed by atoms with van der Waals surface area (Å²) in [5.74, 6) is 1.32. The molecule has 0 radical (unpaired) electrons. The Balaban J connectivity index is 1.97. The van der Waals surface area contributed by atoms with Gasteiger partial charge in [0.2, 0.25) is 4.77 Å². The normalized spacial score (nSPS) is 11.3. The minimum Gasteiger partial charge on any atom is -0.497 e. The Morgan fingerprint density at radius 1 is 1.26 bits per heavy atom. The molecule has 8 heteroatoms. The van der Waals surface area contributed by atoms with E-state index < -0.39 is 0 Å². The third-order valence-electron chi connectivity index (χ3n) is 3.27. The first kappa shape index (κ1) is 15.2. The van der Waals surface area contributed by atoms with Crippen molar-refractivity contribution in [3.63, 3.8) is 0 Å². The van der Waals surface area contributed by atoms with E-state index >= 15 is 0 Å². The van der Waals surface area contributed by atoms with Gasteiger partial charge in [0, 0.05) is 5.69 Å². The van der Waals surface area contributed by atoms with Crippen LogP contribution in [-0.2, 0) is 0 Å². The third kappa shape index (κ3) is 3.07. The van der Waals surface area contributed by atoms with E-state index in [4.69, 9.17) is 17.0 Å². The number of hydrogen-bond donors (Lipinski definition) is 1. The lowest BCUT2D eigenvalue weighted by atomic mass is 10.2. The monoisotopic (exact) mass is 328 g/mol. The lowest BCUT2D eigenvalue weighted by Crippen LogP contribution is -2.07. The molecule has 7 nitrogen and oxygen atoms in total. The molecule has 1 N–H and O–H groups in total. The molecule has 0 aliphatic heterocycles. The number of nitrogens with one attached hydrogen (secondary N) is 1. The lowest BCUT2D eigenvalue weighted by molar-refractivity contribution is 0.415. The standard InChI is InChI=1S/C15H16N6OS/c1-10-8-11(2)20(19-10)14-17-18-15(23)21(14)16-9-12-4-6-13(22-3)7-5-12/h4-9H,1-3H3,(H,18,23)/b16-9-. The van der Waals surface area contributed by atoms with Crippen LogP contribution >= 0.6 is 12.2 Å². The largest absolute Gasteiger partial charge is 0.497 e. The van der Waals surface area contributed by atoms with Crippen molar-refractivity contribution >= 4 is 18.4 Å². The minimum atomic E-state index is 0.400. The zero-order valence-electron chi connectivity index (χ0n) is 13.0. The molecule has 2 aromatic heterocycles. The van der Waals surface area contributed by atoms with Gasteiger partial charge in [-0.25, -0.2) is 9.78 Å². The zero-order valence-corrected chi connectivity index (χ0v) is 13.8. The fourth-order valence-corrected chi connectivity index (χ4v) is 2.34. The molecule has 3 rings (SSSR count). The van der Waals surface area contributed by atoms with E-state index in [9.17, 15) is 0 Å². The van der Waals surface area contributed by atoms with Crippen molar-refractivity contribution in [2.24, 2.45) is 5.10 Å². The number of nitrogens with zero attached hydrogens (tertiary/aromatic N) is 5. The van der Waals surface area contributed by atoms with Crippen LogP contribution in [0.4, 0.5) is 0 Å². The first-order valence-electron chi connectivity index (χ1n) is 6.98. The van der Waals surface area contributed by atoms with Crippen molar-refractivity contribution in [3.8, 4) is 11.7 Å². The van der Waals surface area contributed by atoms with E-state index in [2.05, 4.69) is 20.4 Å². The van der Waals surface area contributed by atoms with Gasteiger partial charge < -0.3 is 4.74 Å². The molecule has 0 unspecified atom stereocenters. The van der Waals surface area contributed by atoms with Gasteiger partial charge in [-0.15, -0.1) is 5.10 Å². The third-order valence-corrected chi connectivity index (χ3v) is 3.53. The molecule has 0 saturated heterocycles. The highest BCUT2D eigenvalue weighted by Gasteiger charge is 2.11. The molecule has 3 aromatic rings. The Bertz CT molecular complexity index is 903. The predicted molar refractivity (Wildman–Crippen MR) is 90.0 cm³/mol. The van der Waals surface area contributed by atoms with Crippen LogP contribution in [0.2, 0.25) is 0 Å². The molecular weight excluding hydrogens is 312 g/mol. The zero-order chi connectivity index (χ0) is 16.4. The molecule has 0 aliphatic rings. The van der Waals surface area contributed by atoms with Crippen LogP contribution in [0.3, 0.4) is 0 Å². The average molecular weight is 328 g/mol. The summed E-state index contributed by atoms with van der Waals surface area (Å²) in [5.41, 5.74) is 2.78. The SMILES string of the molecule is COc1ccc(/C=N\n2c(-n3nc(C)cc3C)n[nH]c2=S)cc1. The van der Waals surface area contributed by atoms with Crippen LogP contribution in [0.1, 0.15) is 17.0 Å². The molecule has 118 valence electrons. The number of aromatic amines is 1. The molecule has 0 saturated carbocycles. The van der Waals surface area contributed by atoms with Gasteiger partial charge in [0.05, 0.1) is 19.0 Å². The van der Waals surface area contributed by atoms with Crippen molar-refractivity contribution in [3.05, 3.63) is 52.1 Å². The van der Waals surface area contributed by atoms with Crippen LogP contribution in [-0.4, -0.2) is 38.0 Å². The second kappa shape index (κ2) is 6.17. The van der Waals surface area contributed by atoms with E-state index in [1.807, 2.05) is 44.2 Å². The maximum atomic E-state index is 5.25. The van der Waals surface area contributed by atoms with Crippen LogP contribution < -0.4 is 4.74 Å². The Morgan fingerprint density at radius 3 is 2.61 bits per heavy atom. The molecule has 23 heavy (non-hydrogen) atoms. The van der Waals surface area contributed by atoms with Gasteiger partial charge in [-0.05, 0) is 62.0 Å². The second-order valence-electron chi connectivity index (χ2n) is 5.00. The molecule has 0 spiro atoms. The van der Waals surface area contributed by atoms with Gasteiger partial charge in [0.15, 0.2) is 0 Å². The Morgan fingerprint density at radius 2 is 2.00 bits per heavy atom. The van der Waals surface area contributed by atoms with E-state index in [1.165, 1.54) is 0 Å². The van der Waals surface area contributed by atoms with Crippen LogP contribution in [0.15, 0.2) is 35.4 Å². The number of aromatic nitrogens is 5. The van der Waals surface area contributed by atoms with E-state index in [0.29, 0.717) is 10.7 Å². The summed E-state index contributed by atoms with van der Waals surface area (Å²) in [6.45, 7) is 3.88. The maximum absolute atomic E-state index is 5.25. The summed E-state index contributed by atoms with van der Waals surface area (Å²) >= 11 is 5.25. The second-order valence-corrected chi connectivity index (χ2v) is 5.38. The highest BCUT2D eigenvalue weighted by atomic mass is 32.1. The maximum Gasteiger partial charge on any atom is 0.271 e. The van der Waals surface area contributed by atoms with Crippen molar-refractivity contribution in [1.29, 1.82) is 0 Å². The summed E-state index contributed by atoms with van der Waals surface area (Å²) in [7, 11) is 1.63. The van der Waals surface area contributed by atoms with E-state index in [0.717, 1.165) is 22.7 Å². The topological polar surface area (TPSA) is 73.0 Å². The fraction of sp³-hybridized carbons (Fsp3) is 0.200. The van der Waals surface area contributed by atoms with Gasteiger partial charge in [-0.1, -0.05) is 0 Å². The Hall–Kier alpha value is -2.74. The molecule has 2 heterocycles. The lowest BCUT2D eigenvalue weighted by Gasteiger charge is -2.03. The molecule has 1 aromatic carbocycles. The Kier molecular flexibility index (Phi) is 4.07. The number of rotatable bonds is 4. The van der Waals surface area contributed by atoms with Crippen molar-refractivity contribution < 1.29 is 4.74 Å². The molecule has 0 atom stereocenters. The average Bonchev–Trinajstić information content (AvgIpc) is 3.07.